The van der Waals surface area contributed by atoms with Gasteiger partial charge in [0.2, 0.25) is 0 Å². The third-order valence-corrected chi connectivity index (χ3v) is 4.78. The molecule has 1 unspecified atom stereocenters. The Morgan fingerprint density at radius 1 is 1.41 bits per heavy atom. The van der Waals surface area contributed by atoms with E-state index < -0.39 is 9.84 Å². The molecule has 0 N–H and O–H groups in total. The molecule has 2 rings (SSSR count). The Balaban J connectivity index is 2.18. The number of nitrogens with zero attached hydrogens (tertiary/aromatic N) is 2. The molecule has 1 aliphatic rings. The fraction of sp³-hybridized carbons (Fsp3) is 0.583. The molecule has 1 fully saturated rings. The summed E-state index contributed by atoms with van der Waals surface area (Å²) in [5.41, 5.74) is 0.962. The summed E-state index contributed by atoms with van der Waals surface area (Å²) in [6.07, 6.45) is 3.00. The normalized spacial score (nSPS) is 21.5. The first-order valence-electron chi connectivity index (χ1n) is 5.84. The fourth-order valence-electron chi connectivity index (χ4n) is 2.20. The Kier molecular flexibility index (Phi) is 3.38. The van der Waals surface area contributed by atoms with Crippen LogP contribution in [-0.2, 0) is 9.84 Å². The van der Waals surface area contributed by atoms with Crippen LogP contribution in [0.2, 0.25) is 0 Å². The summed E-state index contributed by atoms with van der Waals surface area (Å²) in [7, 11) is -2.95. The van der Waals surface area contributed by atoms with Crippen molar-refractivity contribution in [2.45, 2.75) is 25.0 Å². The molecular formula is C12H18N2O2S. The van der Waals surface area contributed by atoms with Gasteiger partial charge in [0, 0.05) is 25.0 Å². The van der Waals surface area contributed by atoms with Gasteiger partial charge in [0.15, 0.2) is 9.84 Å². The Morgan fingerprint density at radius 3 is 2.82 bits per heavy atom. The summed E-state index contributed by atoms with van der Waals surface area (Å²) in [5.74, 6) is 0.887. The molecule has 1 aromatic rings. The summed E-state index contributed by atoms with van der Waals surface area (Å²) in [5, 5.41) is -0.251. The van der Waals surface area contributed by atoms with E-state index in [1.807, 2.05) is 25.1 Å². The maximum Gasteiger partial charge on any atom is 0.152 e. The quantitative estimate of drug-likeness (QED) is 0.800. The number of pyridine rings is 1. The third-order valence-electron chi connectivity index (χ3n) is 3.18. The van der Waals surface area contributed by atoms with Crippen molar-refractivity contribution in [3.63, 3.8) is 0 Å². The van der Waals surface area contributed by atoms with Crippen LogP contribution in [0.4, 0.5) is 5.82 Å². The lowest BCUT2D eigenvalue weighted by Gasteiger charge is -2.32. The number of hydrogen-bond donors (Lipinski definition) is 0. The molecule has 0 aromatic carbocycles. The molecule has 2 heterocycles. The Morgan fingerprint density at radius 2 is 2.18 bits per heavy atom. The molecule has 0 radical (unpaired) electrons. The van der Waals surface area contributed by atoms with Crippen LogP contribution in [0.5, 0.6) is 0 Å². The predicted molar refractivity (Wildman–Crippen MR) is 69.1 cm³/mol. The van der Waals surface area contributed by atoms with Crippen LogP contribution in [0.1, 0.15) is 18.5 Å². The van der Waals surface area contributed by atoms with Crippen LogP contribution >= 0.6 is 0 Å². The molecule has 1 atom stereocenters. The minimum absolute atomic E-state index is 0.251. The van der Waals surface area contributed by atoms with Gasteiger partial charge in [-0.3, -0.25) is 0 Å². The molecule has 0 amide bonds. The van der Waals surface area contributed by atoms with Gasteiger partial charge in [-0.05, 0) is 31.9 Å². The second-order valence-corrected chi connectivity index (χ2v) is 7.00. The minimum atomic E-state index is -2.95. The summed E-state index contributed by atoms with van der Waals surface area (Å²) in [4.78, 5) is 6.52. The van der Waals surface area contributed by atoms with E-state index in [0.717, 1.165) is 30.9 Å². The van der Waals surface area contributed by atoms with Crippen LogP contribution in [0.25, 0.3) is 0 Å². The Bertz CT molecular complexity index is 499. The lowest BCUT2D eigenvalue weighted by atomic mass is 10.1. The number of hydrogen-bond acceptors (Lipinski definition) is 4. The highest BCUT2D eigenvalue weighted by Gasteiger charge is 2.27. The van der Waals surface area contributed by atoms with Crippen molar-refractivity contribution >= 4 is 15.7 Å². The average Bonchev–Trinajstić information content (AvgIpc) is 2.28. The van der Waals surface area contributed by atoms with Crippen molar-refractivity contribution in [3.05, 3.63) is 23.9 Å². The van der Waals surface area contributed by atoms with Gasteiger partial charge >= 0.3 is 0 Å². The number of rotatable bonds is 2. The maximum atomic E-state index is 11.6. The molecule has 0 spiro atoms. The SMILES string of the molecule is Cc1cccc(N2CCCC(S(C)(=O)=O)C2)n1. The zero-order valence-corrected chi connectivity index (χ0v) is 11.1. The molecule has 1 aliphatic heterocycles. The molecule has 17 heavy (non-hydrogen) atoms. The average molecular weight is 254 g/mol. The van der Waals surface area contributed by atoms with Gasteiger partial charge < -0.3 is 4.90 Å². The largest absolute Gasteiger partial charge is 0.355 e. The molecular weight excluding hydrogens is 236 g/mol. The first-order chi connectivity index (χ1) is 7.97. The van der Waals surface area contributed by atoms with Gasteiger partial charge in [0.25, 0.3) is 0 Å². The highest BCUT2D eigenvalue weighted by atomic mass is 32.2. The lowest BCUT2D eigenvalue weighted by molar-refractivity contribution is 0.533. The number of aromatic nitrogens is 1. The highest BCUT2D eigenvalue weighted by molar-refractivity contribution is 7.91. The topological polar surface area (TPSA) is 50.3 Å². The van der Waals surface area contributed by atoms with Gasteiger partial charge in [-0.2, -0.15) is 0 Å². The lowest BCUT2D eigenvalue weighted by Crippen LogP contribution is -2.42. The molecule has 0 aliphatic carbocycles. The summed E-state index contributed by atoms with van der Waals surface area (Å²) >= 11 is 0. The van der Waals surface area contributed by atoms with Crippen molar-refractivity contribution < 1.29 is 8.42 Å². The third kappa shape index (κ3) is 2.97. The first kappa shape index (κ1) is 12.4. The van der Waals surface area contributed by atoms with Crippen LogP contribution in [-0.4, -0.2) is 38.0 Å². The predicted octanol–water partition coefficient (Wildman–Crippen LogP) is 1.40. The minimum Gasteiger partial charge on any atom is -0.355 e. The molecule has 1 aromatic heterocycles. The van der Waals surface area contributed by atoms with Crippen LogP contribution in [0, 0.1) is 6.92 Å². The van der Waals surface area contributed by atoms with Gasteiger partial charge in [0.1, 0.15) is 5.82 Å². The summed E-state index contributed by atoms with van der Waals surface area (Å²) in [6, 6.07) is 5.85. The zero-order valence-electron chi connectivity index (χ0n) is 10.3. The monoisotopic (exact) mass is 254 g/mol. The first-order valence-corrected chi connectivity index (χ1v) is 7.80. The van der Waals surface area contributed by atoms with Crippen molar-refractivity contribution in [2.75, 3.05) is 24.2 Å². The number of aryl methyl sites for hydroxylation is 1. The van der Waals surface area contributed by atoms with E-state index in [-0.39, 0.29) is 5.25 Å². The summed E-state index contributed by atoms with van der Waals surface area (Å²) in [6.45, 7) is 3.40. The zero-order chi connectivity index (χ0) is 12.5. The second-order valence-electron chi connectivity index (χ2n) is 4.68. The Labute approximate surface area is 103 Å². The smallest absolute Gasteiger partial charge is 0.152 e. The fourth-order valence-corrected chi connectivity index (χ4v) is 3.25. The maximum absolute atomic E-state index is 11.6. The van der Waals surface area contributed by atoms with Crippen molar-refractivity contribution in [3.8, 4) is 0 Å². The van der Waals surface area contributed by atoms with E-state index in [2.05, 4.69) is 9.88 Å². The van der Waals surface area contributed by atoms with Crippen LogP contribution in [0.15, 0.2) is 18.2 Å². The molecule has 94 valence electrons. The number of sulfone groups is 1. The molecule has 4 nitrogen and oxygen atoms in total. The molecule has 0 saturated carbocycles. The van der Waals surface area contributed by atoms with Crippen molar-refractivity contribution in [1.29, 1.82) is 0 Å². The van der Waals surface area contributed by atoms with Crippen LogP contribution < -0.4 is 4.90 Å². The van der Waals surface area contributed by atoms with Crippen LogP contribution in [0.3, 0.4) is 0 Å². The highest BCUT2D eigenvalue weighted by Crippen LogP contribution is 2.21. The van der Waals surface area contributed by atoms with Gasteiger partial charge in [0.05, 0.1) is 5.25 Å². The van der Waals surface area contributed by atoms with E-state index in [4.69, 9.17) is 0 Å². The van der Waals surface area contributed by atoms with E-state index in [0.29, 0.717) is 6.54 Å². The van der Waals surface area contributed by atoms with Gasteiger partial charge in [-0.25, -0.2) is 13.4 Å². The standard InChI is InChI=1S/C12H18N2O2S/c1-10-5-3-7-12(13-10)14-8-4-6-11(9-14)17(2,15)16/h3,5,7,11H,4,6,8-9H2,1-2H3. The number of anilines is 1. The van der Waals surface area contributed by atoms with Gasteiger partial charge in [-0.15, -0.1) is 0 Å². The summed E-state index contributed by atoms with van der Waals surface area (Å²) < 4.78 is 23.2. The van der Waals surface area contributed by atoms with Gasteiger partial charge in [-0.1, -0.05) is 6.07 Å². The second kappa shape index (κ2) is 4.64. The van der Waals surface area contributed by atoms with E-state index in [9.17, 15) is 8.42 Å². The van der Waals surface area contributed by atoms with Crippen molar-refractivity contribution in [2.24, 2.45) is 0 Å². The Hall–Kier alpha value is -1.10. The van der Waals surface area contributed by atoms with E-state index in [1.54, 1.807) is 0 Å². The molecule has 1 saturated heterocycles. The van der Waals surface area contributed by atoms with Crippen molar-refractivity contribution in [1.82, 2.24) is 4.98 Å². The molecule has 0 bridgehead atoms. The molecule has 5 heteroatoms. The number of piperidine rings is 1. The van der Waals surface area contributed by atoms with E-state index in [1.165, 1.54) is 6.26 Å². The van der Waals surface area contributed by atoms with E-state index >= 15 is 0 Å².